The summed E-state index contributed by atoms with van der Waals surface area (Å²) in [6.07, 6.45) is 1.91. The molecule has 0 bridgehead atoms. The van der Waals surface area contributed by atoms with Gasteiger partial charge in [0, 0.05) is 29.6 Å². The predicted molar refractivity (Wildman–Crippen MR) is 89.4 cm³/mol. The second kappa shape index (κ2) is 6.31. The minimum atomic E-state index is -0.235. The Labute approximate surface area is 139 Å². The number of amides is 2. The lowest BCUT2D eigenvalue weighted by Crippen LogP contribution is -2.51. The van der Waals surface area contributed by atoms with E-state index in [9.17, 15) is 4.79 Å². The molecule has 0 unspecified atom stereocenters. The Hall–Kier alpha value is -1.89. The molecule has 0 saturated carbocycles. The van der Waals surface area contributed by atoms with Crippen LogP contribution in [0.1, 0.15) is 45.4 Å². The van der Waals surface area contributed by atoms with E-state index >= 15 is 0 Å². The lowest BCUT2D eigenvalue weighted by molar-refractivity contribution is 0.167. The number of likely N-dealkylation sites (tertiary alicyclic amines) is 1. The van der Waals surface area contributed by atoms with Gasteiger partial charge in [-0.3, -0.25) is 0 Å². The van der Waals surface area contributed by atoms with Crippen molar-refractivity contribution in [1.82, 2.24) is 20.4 Å². The molecule has 23 heavy (non-hydrogen) atoms. The van der Waals surface area contributed by atoms with Crippen molar-refractivity contribution >= 4 is 17.4 Å². The van der Waals surface area contributed by atoms with Crippen LogP contribution in [0.15, 0.2) is 21.2 Å². The molecule has 2 aromatic heterocycles. The van der Waals surface area contributed by atoms with E-state index in [-0.39, 0.29) is 17.5 Å². The van der Waals surface area contributed by atoms with Crippen molar-refractivity contribution in [3.63, 3.8) is 0 Å². The molecule has 1 aliphatic heterocycles. The number of hydrogen-bond acceptors (Lipinski definition) is 5. The number of rotatable bonds is 2. The molecular weight excluding hydrogens is 312 g/mol. The maximum Gasteiger partial charge on any atom is 0.317 e. The summed E-state index contributed by atoms with van der Waals surface area (Å²) in [5, 5.41) is 15.3. The molecule has 0 spiro atoms. The molecular formula is C16H22N4O2S. The lowest BCUT2D eigenvalue weighted by Gasteiger charge is -2.33. The number of nitrogens with one attached hydrogen (secondary N) is 1. The second-order valence-electron chi connectivity index (χ2n) is 6.92. The molecule has 1 atom stereocenters. The fraction of sp³-hybridized carbons (Fsp3) is 0.562. The first-order valence-electron chi connectivity index (χ1n) is 7.85. The van der Waals surface area contributed by atoms with Crippen LogP contribution >= 0.6 is 11.3 Å². The van der Waals surface area contributed by atoms with Crippen LogP contribution in [0.5, 0.6) is 0 Å². The minimum absolute atomic E-state index is 0.0280. The smallest absolute Gasteiger partial charge is 0.317 e. The summed E-state index contributed by atoms with van der Waals surface area (Å²) in [4.78, 5) is 14.2. The summed E-state index contributed by atoms with van der Waals surface area (Å²) in [6, 6.07) is 1.94. The highest BCUT2D eigenvalue weighted by molar-refractivity contribution is 7.08. The zero-order valence-electron chi connectivity index (χ0n) is 13.7. The normalized spacial score (nSPS) is 18.9. The van der Waals surface area contributed by atoms with Gasteiger partial charge in [-0.05, 0) is 45.1 Å². The second-order valence-corrected chi connectivity index (χ2v) is 7.70. The van der Waals surface area contributed by atoms with Crippen LogP contribution in [0.4, 0.5) is 4.79 Å². The predicted octanol–water partition coefficient (Wildman–Crippen LogP) is 3.49. The first kappa shape index (κ1) is 16.0. The quantitative estimate of drug-likeness (QED) is 0.912. The van der Waals surface area contributed by atoms with E-state index in [0.717, 1.165) is 24.9 Å². The highest BCUT2D eigenvalue weighted by Crippen LogP contribution is 2.29. The molecule has 124 valence electrons. The Kier molecular flexibility index (Phi) is 4.39. The Morgan fingerprint density at radius 3 is 2.96 bits per heavy atom. The third kappa shape index (κ3) is 3.90. The molecule has 1 fully saturated rings. The van der Waals surface area contributed by atoms with Crippen LogP contribution in [0.25, 0.3) is 11.5 Å². The van der Waals surface area contributed by atoms with Gasteiger partial charge >= 0.3 is 6.03 Å². The van der Waals surface area contributed by atoms with E-state index in [1.807, 2.05) is 42.5 Å². The molecule has 0 aromatic carbocycles. The summed E-state index contributed by atoms with van der Waals surface area (Å²) < 4.78 is 5.82. The van der Waals surface area contributed by atoms with Gasteiger partial charge in [0.2, 0.25) is 11.8 Å². The maximum absolute atomic E-state index is 12.3. The van der Waals surface area contributed by atoms with Gasteiger partial charge in [-0.1, -0.05) is 0 Å². The number of carbonyl (C=O) groups is 1. The summed E-state index contributed by atoms with van der Waals surface area (Å²) >= 11 is 1.60. The third-order valence-electron chi connectivity index (χ3n) is 3.75. The third-order valence-corrected chi connectivity index (χ3v) is 4.43. The van der Waals surface area contributed by atoms with E-state index in [1.165, 1.54) is 0 Å². The van der Waals surface area contributed by atoms with Crippen LogP contribution in [0.3, 0.4) is 0 Å². The zero-order valence-corrected chi connectivity index (χ0v) is 14.5. The standard InChI is InChI=1S/C16H22N4O2S/c1-16(2,3)17-15(21)20-7-4-5-11(9-20)13-18-19-14(22-13)12-6-8-23-10-12/h6,8,10-11H,4-5,7,9H2,1-3H3,(H,17,21)/t11-/m1/s1. The minimum Gasteiger partial charge on any atom is -0.420 e. The monoisotopic (exact) mass is 334 g/mol. The van der Waals surface area contributed by atoms with Crippen LogP contribution in [-0.2, 0) is 0 Å². The van der Waals surface area contributed by atoms with Gasteiger partial charge in [0.25, 0.3) is 0 Å². The van der Waals surface area contributed by atoms with Crippen molar-refractivity contribution in [2.75, 3.05) is 13.1 Å². The van der Waals surface area contributed by atoms with Gasteiger partial charge in [0.1, 0.15) is 0 Å². The highest BCUT2D eigenvalue weighted by atomic mass is 32.1. The van der Waals surface area contributed by atoms with Gasteiger partial charge in [-0.15, -0.1) is 10.2 Å². The average molecular weight is 334 g/mol. The fourth-order valence-corrected chi connectivity index (χ4v) is 3.30. The number of thiophene rings is 1. The van der Waals surface area contributed by atoms with E-state index in [2.05, 4.69) is 15.5 Å². The average Bonchev–Trinajstić information content (AvgIpc) is 3.17. The molecule has 1 aliphatic rings. The zero-order chi connectivity index (χ0) is 16.4. The molecule has 7 heteroatoms. The first-order chi connectivity index (χ1) is 10.9. The molecule has 2 aromatic rings. The number of hydrogen-bond donors (Lipinski definition) is 1. The Morgan fingerprint density at radius 2 is 2.26 bits per heavy atom. The van der Waals surface area contributed by atoms with Gasteiger partial charge in [-0.2, -0.15) is 11.3 Å². The van der Waals surface area contributed by atoms with Crippen molar-refractivity contribution in [3.05, 3.63) is 22.7 Å². The maximum atomic E-state index is 12.3. The largest absolute Gasteiger partial charge is 0.420 e. The lowest BCUT2D eigenvalue weighted by atomic mass is 9.98. The molecule has 6 nitrogen and oxygen atoms in total. The van der Waals surface area contributed by atoms with E-state index in [0.29, 0.717) is 18.3 Å². The number of nitrogens with zero attached hydrogens (tertiary/aromatic N) is 3. The van der Waals surface area contributed by atoms with E-state index in [4.69, 9.17) is 4.42 Å². The van der Waals surface area contributed by atoms with E-state index in [1.54, 1.807) is 11.3 Å². The summed E-state index contributed by atoms with van der Waals surface area (Å²) in [5.41, 5.74) is 0.715. The van der Waals surface area contributed by atoms with Crippen molar-refractivity contribution in [2.24, 2.45) is 0 Å². The molecule has 1 N–H and O–H groups in total. The Bertz CT molecular complexity index is 660. The van der Waals surface area contributed by atoms with Crippen LogP contribution in [0, 0.1) is 0 Å². The summed E-state index contributed by atoms with van der Waals surface area (Å²) in [7, 11) is 0. The molecule has 3 rings (SSSR count). The number of carbonyl (C=O) groups excluding carboxylic acids is 1. The van der Waals surface area contributed by atoms with Crippen LogP contribution in [0.2, 0.25) is 0 Å². The topological polar surface area (TPSA) is 71.3 Å². The van der Waals surface area contributed by atoms with E-state index < -0.39 is 0 Å². The SMILES string of the molecule is CC(C)(C)NC(=O)N1CCC[C@@H](c2nnc(-c3ccsc3)o2)C1. The first-order valence-corrected chi connectivity index (χ1v) is 8.80. The highest BCUT2D eigenvalue weighted by Gasteiger charge is 2.29. The van der Waals surface area contributed by atoms with Crippen molar-refractivity contribution in [2.45, 2.75) is 45.1 Å². The Balaban J connectivity index is 1.68. The molecule has 2 amide bonds. The van der Waals surface area contributed by atoms with Gasteiger partial charge in [0.15, 0.2) is 0 Å². The summed E-state index contributed by atoms with van der Waals surface area (Å²) in [6.45, 7) is 7.34. The Morgan fingerprint density at radius 1 is 1.43 bits per heavy atom. The molecule has 0 aliphatic carbocycles. The van der Waals surface area contributed by atoms with Crippen LogP contribution < -0.4 is 5.32 Å². The molecule has 0 radical (unpaired) electrons. The van der Waals surface area contributed by atoms with Gasteiger partial charge in [-0.25, -0.2) is 4.79 Å². The van der Waals surface area contributed by atoms with Crippen molar-refractivity contribution < 1.29 is 9.21 Å². The molecule has 3 heterocycles. The van der Waals surface area contributed by atoms with Crippen LogP contribution in [-0.4, -0.2) is 39.8 Å². The molecule has 1 saturated heterocycles. The van der Waals surface area contributed by atoms with Gasteiger partial charge < -0.3 is 14.6 Å². The summed E-state index contributed by atoms with van der Waals surface area (Å²) in [5.74, 6) is 1.28. The fourth-order valence-electron chi connectivity index (χ4n) is 2.67. The number of aromatic nitrogens is 2. The number of urea groups is 1. The van der Waals surface area contributed by atoms with Crippen molar-refractivity contribution in [3.8, 4) is 11.5 Å². The van der Waals surface area contributed by atoms with Gasteiger partial charge in [0.05, 0.1) is 5.92 Å². The number of piperidine rings is 1. The van der Waals surface area contributed by atoms with Crippen molar-refractivity contribution in [1.29, 1.82) is 0 Å².